The van der Waals surface area contributed by atoms with Crippen LogP contribution in [0.15, 0.2) is 83.8 Å². The molecule has 4 aromatic rings. The molecule has 30 heavy (non-hydrogen) atoms. The molecule has 0 radical (unpaired) electrons. The molecule has 150 valence electrons. The molecule has 0 aliphatic carbocycles. The number of aromatic amines is 1. The second-order valence-electron chi connectivity index (χ2n) is 6.52. The van der Waals surface area contributed by atoms with Crippen molar-refractivity contribution in [2.75, 3.05) is 11.1 Å². The van der Waals surface area contributed by atoms with E-state index in [1.807, 2.05) is 54.6 Å². The van der Waals surface area contributed by atoms with Gasteiger partial charge in [-0.15, -0.1) is 11.8 Å². The Labute approximate surface area is 177 Å². The molecule has 2 N–H and O–H groups in total. The molecule has 1 heterocycles. The van der Waals surface area contributed by atoms with Gasteiger partial charge in [0, 0.05) is 28.2 Å². The summed E-state index contributed by atoms with van der Waals surface area (Å²) in [6.45, 7) is 0. The van der Waals surface area contributed by atoms with Gasteiger partial charge in [-0.25, -0.2) is 9.37 Å². The molecule has 7 heteroatoms. The molecule has 0 saturated carbocycles. The summed E-state index contributed by atoms with van der Waals surface area (Å²) in [5.74, 6) is 1.42. The van der Waals surface area contributed by atoms with Crippen LogP contribution in [0.25, 0.3) is 22.8 Å². The number of hydrogen-bond acceptors (Lipinski definition) is 4. The van der Waals surface area contributed by atoms with Crippen molar-refractivity contribution in [1.82, 2.24) is 15.2 Å². The molecule has 0 fully saturated rings. The van der Waals surface area contributed by atoms with Gasteiger partial charge in [0.05, 0.1) is 5.69 Å². The van der Waals surface area contributed by atoms with Crippen LogP contribution in [0.4, 0.5) is 10.1 Å². The third-order valence-electron chi connectivity index (χ3n) is 4.39. The normalized spacial score (nSPS) is 10.7. The largest absolute Gasteiger partial charge is 0.325 e. The predicted octanol–water partition coefficient (Wildman–Crippen LogP) is 5.40. The molecule has 1 aromatic heterocycles. The van der Waals surface area contributed by atoms with Crippen LogP contribution in [0.2, 0.25) is 0 Å². The highest BCUT2D eigenvalue weighted by Gasteiger charge is 2.13. The van der Waals surface area contributed by atoms with Crippen LogP contribution in [0.1, 0.15) is 6.42 Å². The van der Waals surface area contributed by atoms with E-state index in [1.165, 1.54) is 23.9 Å². The summed E-state index contributed by atoms with van der Waals surface area (Å²) in [6.07, 6.45) is 0.335. The number of H-pyrrole nitrogens is 1. The molecular weight excluding hydrogens is 399 g/mol. The summed E-state index contributed by atoms with van der Waals surface area (Å²) in [5, 5.41) is 10.2. The van der Waals surface area contributed by atoms with Crippen LogP contribution in [-0.2, 0) is 4.79 Å². The van der Waals surface area contributed by atoms with E-state index in [4.69, 9.17) is 0 Å². The summed E-state index contributed by atoms with van der Waals surface area (Å²) >= 11 is 1.51. The van der Waals surface area contributed by atoms with Crippen molar-refractivity contribution in [1.29, 1.82) is 0 Å². The van der Waals surface area contributed by atoms with Gasteiger partial charge in [-0.1, -0.05) is 42.5 Å². The van der Waals surface area contributed by atoms with Crippen molar-refractivity contribution in [2.45, 2.75) is 11.3 Å². The van der Waals surface area contributed by atoms with Crippen LogP contribution in [0, 0.1) is 5.82 Å². The second kappa shape index (κ2) is 9.37. The third-order valence-corrected chi connectivity index (χ3v) is 5.40. The Morgan fingerprint density at radius 1 is 0.967 bits per heavy atom. The minimum absolute atomic E-state index is 0.0974. The summed E-state index contributed by atoms with van der Waals surface area (Å²) in [4.78, 5) is 17.9. The van der Waals surface area contributed by atoms with Gasteiger partial charge in [0.2, 0.25) is 5.91 Å². The predicted molar refractivity (Wildman–Crippen MR) is 118 cm³/mol. The summed E-state index contributed by atoms with van der Waals surface area (Å²) in [5.41, 5.74) is 2.36. The van der Waals surface area contributed by atoms with E-state index in [2.05, 4.69) is 20.5 Å². The number of thioether (sulfide) groups is 1. The van der Waals surface area contributed by atoms with Crippen LogP contribution in [0.3, 0.4) is 0 Å². The van der Waals surface area contributed by atoms with Crippen molar-refractivity contribution in [3.63, 3.8) is 0 Å². The van der Waals surface area contributed by atoms with Gasteiger partial charge in [-0.2, -0.15) is 5.10 Å². The zero-order chi connectivity index (χ0) is 20.8. The van der Waals surface area contributed by atoms with Crippen LogP contribution in [-0.4, -0.2) is 26.8 Å². The van der Waals surface area contributed by atoms with Gasteiger partial charge in [-0.05, 0) is 36.4 Å². The molecule has 0 spiro atoms. The number of aromatic nitrogens is 3. The lowest BCUT2D eigenvalue weighted by molar-refractivity contribution is -0.115. The number of rotatable bonds is 7. The van der Waals surface area contributed by atoms with E-state index in [0.29, 0.717) is 29.5 Å². The first-order chi connectivity index (χ1) is 14.7. The Morgan fingerprint density at radius 3 is 2.50 bits per heavy atom. The van der Waals surface area contributed by atoms with E-state index in [1.54, 1.807) is 12.1 Å². The summed E-state index contributed by atoms with van der Waals surface area (Å²) in [6, 6.07) is 23.4. The Balaban J connectivity index is 1.41. The maximum absolute atomic E-state index is 13.0. The highest BCUT2D eigenvalue weighted by molar-refractivity contribution is 7.99. The van der Waals surface area contributed by atoms with Gasteiger partial charge in [0.25, 0.3) is 0 Å². The third kappa shape index (κ3) is 4.93. The molecule has 0 atom stereocenters. The molecule has 3 aromatic carbocycles. The molecule has 5 nitrogen and oxygen atoms in total. The SMILES string of the molecule is O=C(CCSc1ccc(F)cc1)Nc1ccccc1-c1nc(-c2ccccc2)n[nH]1. The van der Waals surface area contributed by atoms with E-state index in [9.17, 15) is 9.18 Å². The maximum Gasteiger partial charge on any atom is 0.225 e. The lowest BCUT2D eigenvalue weighted by atomic mass is 10.1. The van der Waals surface area contributed by atoms with Gasteiger partial charge in [0.15, 0.2) is 11.6 Å². The fourth-order valence-corrected chi connectivity index (χ4v) is 3.75. The van der Waals surface area contributed by atoms with Crippen molar-refractivity contribution < 1.29 is 9.18 Å². The van der Waals surface area contributed by atoms with Crippen molar-refractivity contribution >= 4 is 23.4 Å². The first-order valence-electron chi connectivity index (χ1n) is 9.44. The van der Waals surface area contributed by atoms with Crippen LogP contribution >= 0.6 is 11.8 Å². The average Bonchev–Trinajstić information content (AvgIpc) is 3.26. The fourth-order valence-electron chi connectivity index (χ4n) is 2.90. The minimum atomic E-state index is -0.267. The number of carbonyl (C=O) groups is 1. The quantitative estimate of drug-likeness (QED) is 0.394. The number of carbonyl (C=O) groups excluding carboxylic acids is 1. The lowest BCUT2D eigenvalue weighted by Gasteiger charge is -2.09. The molecule has 0 saturated heterocycles. The zero-order valence-corrected chi connectivity index (χ0v) is 16.8. The zero-order valence-electron chi connectivity index (χ0n) is 16.0. The molecule has 0 bridgehead atoms. The molecular formula is C23H19FN4OS. The Bertz CT molecular complexity index is 1130. The van der Waals surface area contributed by atoms with Gasteiger partial charge >= 0.3 is 0 Å². The number of hydrogen-bond donors (Lipinski definition) is 2. The standard InChI is InChI=1S/C23H19FN4OS/c24-17-10-12-18(13-11-17)30-15-14-21(29)25-20-9-5-4-8-19(20)23-26-22(27-28-23)16-6-2-1-3-7-16/h1-13H,14-15H2,(H,25,29)(H,26,27,28). The molecule has 4 rings (SSSR count). The molecule has 0 aliphatic rings. The number of benzene rings is 3. The first kappa shape index (κ1) is 19.8. The van der Waals surface area contributed by atoms with E-state index < -0.39 is 0 Å². The lowest BCUT2D eigenvalue weighted by Crippen LogP contribution is -2.13. The average molecular weight is 418 g/mol. The van der Waals surface area contributed by atoms with Crippen LogP contribution in [0.5, 0.6) is 0 Å². The first-order valence-corrected chi connectivity index (χ1v) is 10.4. The topological polar surface area (TPSA) is 70.7 Å². The fraction of sp³-hybridized carbons (Fsp3) is 0.0870. The van der Waals surface area contributed by atoms with Crippen molar-refractivity contribution in [3.05, 3.63) is 84.7 Å². The number of amides is 1. The Morgan fingerprint density at radius 2 is 1.70 bits per heavy atom. The Kier molecular flexibility index (Phi) is 6.20. The van der Waals surface area contributed by atoms with Gasteiger partial charge < -0.3 is 5.32 Å². The highest BCUT2D eigenvalue weighted by atomic mass is 32.2. The molecule has 1 amide bonds. The number of para-hydroxylation sites is 1. The number of halogens is 1. The summed E-state index contributed by atoms with van der Waals surface area (Å²) < 4.78 is 13.0. The van der Waals surface area contributed by atoms with E-state index in [0.717, 1.165) is 16.0 Å². The minimum Gasteiger partial charge on any atom is -0.325 e. The van der Waals surface area contributed by atoms with Crippen molar-refractivity contribution in [3.8, 4) is 22.8 Å². The van der Waals surface area contributed by atoms with Crippen molar-refractivity contribution in [2.24, 2.45) is 0 Å². The smallest absolute Gasteiger partial charge is 0.225 e. The number of nitrogens with zero attached hydrogens (tertiary/aromatic N) is 2. The summed E-state index contributed by atoms with van der Waals surface area (Å²) in [7, 11) is 0. The van der Waals surface area contributed by atoms with Gasteiger partial charge in [-0.3, -0.25) is 9.89 Å². The second-order valence-corrected chi connectivity index (χ2v) is 7.69. The van der Waals surface area contributed by atoms with Gasteiger partial charge in [0.1, 0.15) is 5.82 Å². The Hall–Kier alpha value is -3.45. The monoisotopic (exact) mass is 418 g/mol. The highest BCUT2D eigenvalue weighted by Crippen LogP contribution is 2.27. The number of anilines is 1. The van der Waals surface area contributed by atoms with Crippen LogP contribution < -0.4 is 5.32 Å². The molecule has 0 unspecified atom stereocenters. The number of nitrogens with one attached hydrogen (secondary N) is 2. The van der Waals surface area contributed by atoms with E-state index in [-0.39, 0.29) is 11.7 Å². The maximum atomic E-state index is 13.0. The molecule has 0 aliphatic heterocycles. The van der Waals surface area contributed by atoms with E-state index >= 15 is 0 Å².